The highest BCUT2D eigenvalue weighted by molar-refractivity contribution is 5.79. The molecular formula is C71H130N6O28. The molecule has 0 saturated carbocycles. The number of Topliss-reactive ketones (excluding diaryl/α,β-unsaturated/α-hetero) is 1. The zero-order valence-corrected chi connectivity index (χ0v) is 62.2. The summed E-state index contributed by atoms with van der Waals surface area (Å²) in [4.78, 5) is 90.5. The van der Waals surface area contributed by atoms with E-state index in [4.69, 9.17) is 42.6 Å². The van der Waals surface area contributed by atoms with E-state index in [0.717, 1.165) is 32.1 Å². The number of ether oxygens (including phenoxy) is 9. The fourth-order valence-corrected chi connectivity index (χ4v) is 11.6. The molecule has 0 aromatic heterocycles. The predicted octanol–water partition coefficient (Wildman–Crippen LogP) is -1.93. The van der Waals surface area contributed by atoms with Gasteiger partial charge in [0.2, 0.25) is 35.4 Å². The van der Waals surface area contributed by atoms with Crippen LogP contribution in [0.15, 0.2) is 0 Å². The number of hydrogen-bond donors (Lipinski definition) is 18. The molecule has 0 spiro atoms. The summed E-state index contributed by atoms with van der Waals surface area (Å²) in [6, 6.07) is 0. The fraction of sp³-hybridized carbons (Fsp3) is 0.901. The fourth-order valence-electron chi connectivity index (χ4n) is 11.6. The van der Waals surface area contributed by atoms with E-state index < -0.39 is 117 Å². The molecule has 3 heterocycles. The van der Waals surface area contributed by atoms with E-state index >= 15 is 0 Å². The van der Waals surface area contributed by atoms with Crippen molar-refractivity contribution in [2.75, 3.05) is 112 Å². The molecule has 0 aliphatic carbocycles. The van der Waals surface area contributed by atoms with Gasteiger partial charge in [0.05, 0.1) is 59.5 Å². The zero-order valence-electron chi connectivity index (χ0n) is 62.2. The third kappa shape index (κ3) is 40.8. The molecule has 34 nitrogen and oxygen atoms in total. The van der Waals surface area contributed by atoms with Gasteiger partial charge >= 0.3 is 0 Å². The molecule has 15 atom stereocenters. The summed E-state index contributed by atoms with van der Waals surface area (Å²) >= 11 is 0. The monoisotopic (exact) mass is 1510 g/mol. The molecule has 3 aliphatic heterocycles. The summed E-state index contributed by atoms with van der Waals surface area (Å²) in [6.45, 7) is 5.75. The third-order valence-electron chi connectivity index (χ3n) is 18.1. The number of nitrogens with one attached hydrogen (secondary N) is 6. The van der Waals surface area contributed by atoms with Gasteiger partial charge in [-0.2, -0.15) is 0 Å². The second-order valence-corrected chi connectivity index (χ2v) is 28.7. The molecule has 612 valence electrons. The van der Waals surface area contributed by atoms with Crippen LogP contribution >= 0.6 is 0 Å². The van der Waals surface area contributed by atoms with E-state index in [1.165, 1.54) is 19.3 Å². The van der Waals surface area contributed by atoms with Crippen molar-refractivity contribution in [1.29, 1.82) is 0 Å². The summed E-state index contributed by atoms with van der Waals surface area (Å²) < 4.78 is 50.8. The normalized spacial score (nSPS) is 25.4. The van der Waals surface area contributed by atoms with Gasteiger partial charge in [-0.05, 0) is 82.5 Å². The van der Waals surface area contributed by atoms with Crippen molar-refractivity contribution in [3.8, 4) is 0 Å². The first kappa shape index (κ1) is 94.9. The van der Waals surface area contributed by atoms with Gasteiger partial charge in [0.1, 0.15) is 84.6 Å². The molecule has 34 heteroatoms. The number of aliphatic hydroxyl groups is 12. The first-order valence-corrected chi connectivity index (χ1v) is 37.9. The Morgan fingerprint density at radius 1 is 0.314 bits per heavy atom. The quantitative estimate of drug-likeness (QED) is 0.0295. The Kier molecular flexibility index (Phi) is 49.8. The van der Waals surface area contributed by atoms with Crippen LogP contribution < -0.4 is 31.9 Å². The van der Waals surface area contributed by atoms with Gasteiger partial charge in [-0.15, -0.1) is 0 Å². The lowest BCUT2D eigenvalue weighted by molar-refractivity contribution is -0.301. The minimum Gasteiger partial charge on any atom is -0.394 e. The van der Waals surface area contributed by atoms with Crippen LogP contribution in [-0.2, 0) is 76.2 Å². The molecule has 18 N–H and O–H groups in total. The van der Waals surface area contributed by atoms with Gasteiger partial charge in [-0.3, -0.25) is 33.6 Å². The molecule has 3 rings (SSSR count). The largest absolute Gasteiger partial charge is 0.394 e. The Morgan fingerprint density at radius 3 is 0.943 bits per heavy atom. The summed E-state index contributed by atoms with van der Waals surface area (Å²) in [5.41, 5.74) is -1.05. The van der Waals surface area contributed by atoms with Crippen molar-refractivity contribution < 1.29 is 137 Å². The third-order valence-corrected chi connectivity index (χ3v) is 18.1. The molecule has 0 radical (unpaired) electrons. The van der Waals surface area contributed by atoms with Crippen molar-refractivity contribution in [3.05, 3.63) is 0 Å². The number of aliphatic hydroxyl groups excluding tert-OH is 12. The highest BCUT2D eigenvalue weighted by atomic mass is 16.7. The maximum Gasteiger partial charge on any atom is 0.222 e. The predicted molar refractivity (Wildman–Crippen MR) is 377 cm³/mol. The number of ketones is 1. The van der Waals surface area contributed by atoms with Crippen LogP contribution in [0.5, 0.6) is 0 Å². The number of rotatable bonds is 60. The molecule has 6 amide bonds. The van der Waals surface area contributed by atoms with E-state index in [2.05, 4.69) is 52.7 Å². The lowest BCUT2D eigenvalue weighted by Crippen LogP contribution is -2.59. The van der Waals surface area contributed by atoms with Crippen LogP contribution in [0.3, 0.4) is 0 Å². The van der Waals surface area contributed by atoms with Crippen molar-refractivity contribution in [2.24, 2.45) is 5.41 Å². The molecule has 3 fully saturated rings. The molecule has 6 unspecified atom stereocenters. The summed E-state index contributed by atoms with van der Waals surface area (Å²) in [7, 11) is 0. The van der Waals surface area contributed by atoms with Gasteiger partial charge < -0.3 is 136 Å². The highest BCUT2D eigenvalue weighted by Crippen LogP contribution is 2.27. The van der Waals surface area contributed by atoms with Gasteiger partial charge in [0, 0.05) is 104 Å². The molecular weight excluding hydrogens is 1380 g/mol. The maximum absolute atomic E-state index is 13.9. The second-order valence-electron chi connectivity index (χ2n) is 28.7. The second kappa shape index (κ2) is 55.1. The van der Waals surface area contributed by atoms with Crippen LogP contribution in [0.4, 0.5) is 0 Å². The van der Waals surface area contributed by atoms with Gasteiger partial charge in [0.25, 0.3) is 0 Å². The number of amides is 6. The Bertz CT molecular complexity index is 2170. The molecule has 0 aromatic carbocycles. The van der Waals surface area contributed by atoms with Gasteiger partial charge in [-0.25, -0.2) is 0 Å². The average molecular weight is 1520 g/mol. The topological polar surface area (TPSA) is 518 Å². The van der Waals surface area contributed by atoms with E-state index in [9.17, 15) is 94.8 Å². The SMILES string of the molecule is CC(C)(C)CCCCCCCCCCC(=O)NC(COCCC(=O)NCCCCC(=O)CCCCO[C@H]1OC(CO)[C@@H](O)[C@H](O)C1O)(COCCC(=O)NCCCNC(=O)CCCCO[C@H]1OC(CO)[C@@H](O)[C@H](O)C1O)COCCC(=O)NCCCNC(=O)CCCCO[C@H]1OC(CO)[C@@H](O)[C@H](O)C1O. The number of carbonyl (C=O) groups excluding carboxylic acids is 7. The van der Waals surface area contributed by atoms with Crippen molar-refractivity contribution in [3.63, 3.8) is 0 Å². The standard InChI is InChI=1S/C71H130N6O28/c1-70(2,3)30-15-9-7-5-4-6-8-10-26-57(87)77-71(45-97-39-27-54(84)72-31-16-11-22-48(81)23-12-17-36-100-67-64(94)61(91)58(88)49(42-78)103-67,46-98-40-28-55(85)75-34-20-32-73-52(82)24-13-18-37-101-68-65(95)62(92)59(89)50(43-79)104-68)47-99-41-29-56(86)76-35-21-33-74-53(83)25-14-19-38-102-69-66(96)63(93)60(90)51(44-80)105-69/h49-51,58-69,78-80,88-96H,4-47H2,1-3H3,(H,72,84)(H,73,82)(H,74,83)(H,75,85)(H,76,86)(H,77,87)/t49?,50?,51?,58-,59-,60-,61+,62+,63+,64?,65?,66?,67+,68+,69+,71?/m1/s1. The Balaban J connectivity index is 1.52. The Labute approximate surface area is 617 Å². The first-order valence-electron chi connectivity index (χ1n) is 37.9. The lowest BCUT2D eigenvalue weighted by Gasteiger charge is -2.39. The number of unbranched alkanes of at least 4 members (excludes halogenated alkanes) is 11. The smallest absolute Gasteiger partial charge is 0.222 e. The first-order chi connectivity index (χ1) is 50.2. The van der Waals surface area contributed by atoms with Crippen molar-refractivity contribution in [1.82, 2.24) is 31.9 Å². The summed E-state index contributed by atoms with van der Waals surface area (Å²) in [6.07, 6.45) is -6.19. The van der Waals surface area contributed by atoms with Crippen LogP contribution in [0.25, 0.3) is 0 Å². The molecule has 0 aromatic rings. The van der Waals surface area contributed by atoms with Crippen molar-refractivity contribution >= 4 is 41.2 Å². The van der Waals surface area contributed by atoms with E-state index in [1.807, 2.05) is 0 Å². The van der Waals surface area contributed by atoms with Crippen LogP contribution in [0.2, 0.25) is 0 Å². The molecule has 0 bridgehead atoms. The Hall–Kier alpha value is -4.35. The maximum atomic E-state index is 13.9. The van der Waals surface area contributed by atoms with Crippen LogP contribution in [-0.4, -0.2) is 312 Å². The number of carbonyl (C=O) groups is 7. The van der Waals surface area contributed by atoms with Gasteiger partial charge in [-0.1, -0.05) is 65.7 Å². The molecule has 3 saturated heterocycles. The molecule has 105 heavy (non-hydrogen) atoms. The Morgan fingerprint density at radius 2 is 0.600 bits per heavy atom. The summed E-state index contributed by atoms with van der Waals surface area (Å²) in [5.74, 6) is -1.75. The minimum absolute atomic E-state index is 0.0168. The van der Waals surface area contributed by atoms with E-state index in [1.54, 1.807) is 0 Å². The van der Waals surface area contributed by atoms with E-state index in [-0.39, 0.29) is 178 Å². The average Bonchev–Trinajstić information content (AvgIpc) is 0.835. The lowest BCUT2D eigenvalue weighted by atomic mass is 9.89. The van der Waals surface area contributed by atoms with Gasteiger partial charge in [0.15, 0.2) is 18.9 Å². The number of hydrogen-bond acceptors (Lipinski definition) is 28. The minimum atomic E-state index is -1.56. The van der Waals surface area contributed by atoms with E-state index in [0.29, 0.717) is 82.6 Å². The summed E-state index contributed by atoms with van der Waals surface area (Å²) in [5, 5.41) is 136. The molecule has 3 aliphatic rings. The highest BCUT2D eigenvalue weighted by Gasteiger charge is 2.46. The van der Waals surface area contributed by atoms with Crippen LogP contribution in [0.1, 0.15) is 194 Å². The zero-order chi connectivity index (χ0) is 77.4. The van der Waals surface area contributed by atoms with Crippen LogP contribution in [0, 0.1) is 5.41 Å². The van der Waals surface area contributed by atoms with Crippen molar-refractivity contribution in [2.45, 2.75) is 292 Å².